The van der Waals surface area contributed by atoms with E-state index in [-0.39, 0.29) is 6.04 Å². The molecule has 1 atom stereocenters. The minimum atomic E-state index is 0.221. The van der Waals surface area contributed by atoms with Gasteiger partial charge in [0.2, 0.25) is 0 Å². The van der Waals surface area contributed by atoms with Gasteiger partial charge >= 0.3 is 0 Å². The van der Waals surface area contributed by atoms with E-state index in [1.165, 1.54) is 25.7 Å². The van der Waals surface area contributed by atoms with Crippen molar-refractivity contribution in [3.05, 3.63) is 11.9 Å². The van der Waals surface area contributed by atoms with Crippen molar-refractivity contribution in [1.82, 2.24) is 9.97 Å². The molecule has 106 valence electrons. The Balaban J connectivity index is 2.15. The zero-order valence-corrected chi connectivity index (χ0v) is 12.2. The van der Waals surface area contributed by atoms with Crippen molar-refractivity contribution in [3.63, 3.8) is 0 Å². The van der Waals surface area contributed by atoms with Crippen molar-refractivity contribution < 1.29 is 0 Å². The number of hydrogen-bond acceptors (Lipinski definition) is 5. The Kier molecular flexibility index (Phi) is 4.58. The zero-order chi connectivity index (χ0) is 13.8. The molecule has 0 spiro atoms. The van der Waals surface area contributed by atoms with E-state index >= 15 is 0 Å². The van der Waals surface area contributed by atoms with Crippen molar-refractivity contribution in [1.29, 1.82) is 0 Å². The van der Waals surface area contributed by atoms with Gasteiger partial charge in [0.05, 0.1) is 0 Å². The lowest BCUT2D eigenvalue weighted by Gasteiger charge is -2.26. The predicted octanol–water partition coefficient (Wildman–Crippen LogP) is 1.92. The number of hydrogen-bond donors (Lipinski definition) is 2. The van der Waals surface area contributed by atoms with Crippen LogP contribution in [0.1, 0.15) is 38.4 Å². The molecular weight excluding hydrogens is 238 g/mol. The molecule has 3 N–H and O–H groups in total. The average Bonchev–Trinajstić information content (AvgIpc) is 2.90. The minimum Gasteiger partial charge on any atom is -0.366 e. The Bertz CT molecular complexity index is 414. The molecule has 5 nitrogen and oxygen atoms in total. The van der Waals surface area contributed by atoms with Gasteiger partial charge in [-0.1, -0.05) is 12.8 Å². The highest BCUT2D eigenvalue weighted by Crippen LogP contribution is 2.26. The van der Waals surface area contributed by atoms with Crippen LogP contribution in [0.2, 0.25) is 0 Å². The molecule has 2 rings (SSSR count). The summed E-state index contributed by atoms with van der Waals surface area (Å²) < 4.78 is 0. The SMILES string of the molecule is Cc1nc(NC(C)CN)cc(N(C)C2CCCC2)n1. The van der Waals surface area contributed by atoms with Crippen molar-refractivity contribution in [2.75, 3.05) is 23.8 Å². The van der Waals surface area contributed by atoms with Gasteiger partial charge in [-0.2, -0.15) is 0 Å². The summed E-state index contributed by atoms with van der Waals surface area (Å²) in [5.74, 6) is 2.67. The quantitative estimate of drug-likeness (QED) is 0.849. The summed E-state index contributed by atoms with van der Waals surface area (Å²) in [7, 11) is 2.13. The largest absolute Gasteiger partial charge is 0.366 e. The van der Waals surface area contributed by atoms with Gasteiger partial charge < -0.3 is 16.0 Å². The van der Waals surface area contributed by atoms with Crippen LogP contribution in [0.4, 0.5) is 11.6 Å². The molecule has 0 radical (unpaired) electrons. The summed E-state index contributed by atoms with van der Waals surface area (Å²) in [6.07, 6.45) is 5.19. The molecule has 0 aliphatic heterocycles. The zero-order valence-electron chi connectivity index (χ0n) is 12.2. The first-order chi connectivity index (χ1) is 9.10. The molecule has 0 amide bonds. The minimum absolute atomic E-state index is 0.221. The number of nitrogens with two attached hydrogens (primary N) is 1. The maximum atomic E-state index is 5.64. The summed E-state index contributed by atoms with van der Waals surface area (Å²) in [5, 5.41) is 3.32. The number of nitrogens with zero attached hydrogens (tertiary/aromatic N) is 3. The summed E-state index contributed by atoms with van der Waals surface area (Å²) in [6, 6.07) is 2.87. The second-order valence-electron chi connectivity index (χ2n) is 5.49. The average molecular weight is 263 g/mol. The molecule has 1 aliphatic rings. The number of anilines is 2. The maximum absolute atomic E-state index is 5.64. The van der Waals surface area contributed by atoms with E-state index in [0.29, 0.717) is 12.6 Å². The number of aromatic nitrogens is 2. The van der Waals surface area contributed by atoms with Crippen LogP contribution in [0, 0.1) is 6.92 Å². The van der Waals surface area contributed by atoms with Crippen LogP contribution in [0.25, 0.3) is 0 Å². The second kappa shape index (κ2) is 6.19. The van der Waals surface area contributed by atoms with Crippen LogP contribution >= 0.6 is 0 Å². The fraction of sp³-hybridized carbons (Fsp3) is 0.714. The first-order valence-electron chi connectivity index (χ1n) is 7.15. The third kappa shape index (κ3) is 3.56. The summed E-state index contributed by atoms with van der Waals surface area (Å²) in [6.45, 7) is 4.58. The Labute approximate surface area is 115 Å². The van der Waals surface area contributed by atoms with Crippen LogP contribution in [0.15, 0.2) is 6.07 Å². The molecule has 1 saturated carbocycles. The molecule has 1 unspecified atom stereocenters. The molecular formula is C14H25N5. The van der Waals surface area contributed by atoms with Crippen molar-refractivity contribution in [2.24, 2.45) is 5.73 Å². The van der Waals surface area contributed by atoms with Crippen molar-refractivity contribution in [2.45, 2.75) is 51.6 Å². The number of nitrogens with one attached hydrogen (secondary N) is 1. The molecule has 1 aromatic rings. The fourth-order valence-electron chi connectivity index (χ4n) is 2.60. The highest BCUT2D eigenvalue weighted by Gasteiger charge is 2.21. The van der Waals surface area contributed by atoms with Gasteiger partial charge in [0.15, 0.2) is 0 Å². The molecule has 1 aliphatic carbocycles. The Hall–Kier alpha value is -1.36. The third-order valence-electron chi connectivity index (χ3n) is 3.81. The summed E-state index contributed by atoms with van der Waals surface area (Å²) in [4.78, 5) is 11.3. The first-order valence-corrected chi connectivity index (χ1v) is 7.15. The topological polar surface area (TPSA) is 67.1 Å². The summed E-state index contributed by atoms with van der Waals surface area (Å²) >= 11 is 0. The molecule has 1 fully saturated rings. The highest BCUT2D eigenvalue weighted by atomic mass is 15.2. The maximum Gasteiger partial charge on any atom is 0.134 e. The monoisotopic (exact) mass is 263 g/mol. The van der Waals surface area contributed by atoms with Crippen LogP contribution in [-0.2, 0) is 0 Å². The van der Waals surface area contributed by atoms with Crippen molar-refractivity contribution >= 4 is 11.6 Å². The molecule has 0 bridgehead atoms. The lowest BCUT2D eigenvalue weighted by Crippen LogP contribution is -2.30. The van der Waals surface area contributed by atoms with E-state index in [1.807, 2.05) is 13.0 Å². The molecule has 19 heavy (non-hydrogen) atoms. The standard InChI is InChI=1S/C14H25N5/c1-10(9-15)16-13-8-14(18-11(2)17-13)19(3)12-6-4-5-7-12/h8,10,12H,4-7,9,15H2,1-3H3,(H,16,17,18). The highest BCUT2D eigenvalue weighted by molar-refractivity contribution is 5.50. The van der Waals surface area contributed by atoms with Gasteiger partial charge in [-0.15, -0.1) is 0 Å². The van der Waals surface area contributed by atoms with E-state index in [9.17, 15) is 0 Å². The molecule has 0 aromatic carbocycles. The molecule has 5 heteroatoms. The van der Waals surface area contributed by atoms with Crippen LogP contribution in [-0.4, -0.2) is 35.6 Å². The van der Waals surface area contributed by atoms with E-state index in [1.54, 1.807) is 0 Å². The normalized spacial score (nSPS) is 17.5. The van der Waals surface area contributed by atoms with Crippen LogP contribution in [0.5, 0.6) is 0 Å². The number of rotatable bonds is 5. The van der Waals surface area contributed by atoms with Crippen LogP contribution in [0.3, 0.4) is 0 Å². The Morgan fingerprint density at radius 2 is 2.11 bits per heavy atom. The van der Waals surface area contributed by atoms with Gasteiger partial charge in [0.1, 0.15) is 17.5 Å². The van der Waals surface area contributed by atoms with Gasteiger partial charge in [0.25, 0.3) is 0 Å². The molecule has 1 aromatic heterocycles. The number of aryl methyl sites for hydroxylation is 1. The van der Waals surface area contributed by atoms with E-state index in [2.05, 4.69) is 34.2 Å². The smallest absolute Gasteiger partial charge is 0.134 e. The van der Waals surface area contributed by atoms with Gasteiger partial charge in [-0.25, -0.2) is 9.97 Å². The third-order valence-corrected chi connectivity index (χ3v) is 3.81. The second-order valence-corrected chi connectivity index (χ2v) is 5.49. The van der Waals surface area contributed by atoms with E-state index in [4.69, 9.17) is 5.73 Å². The van der Waals surface area contributed by atoms with E-state index < -0.39 is 0 Å². The predicted molar refractivity (Wildman–Crippen MR) is 79.6 cm³/mol. The van der Waals surface area contributed by atoms with Gasteiger partial charge in [-0.05, 0) is 26.7 Å². The van der Waals surface area contributed by atoms with Crippen LogP contribution < -0.4 is 16.0 Å². The summed E-state index contributed by atoms with van der Waals surface area (Å²) in [5.41, 5.74) is 5.64. The lowest BCUT2D eigenvalue weighted by atomic mass is 10.2. The van der Waals surface area contributed by atoms with Gasteiger partial charge in [0, 0.05) is 31.7 Å². The molecule has 0 saturated heterocycles. The van der Waals surface area contributed by atoms with Gasteiger partial charge in [-0.3, -0.25) is 0 Å². The van der Waals surface area contributed by atoms with E-state index in [0.717, 1.165) is 17.5 Å². The molecule has 1 heterocycles. The first kappa shape index (κ1) is 14.1. The van der Waals surface area contributed by atoms with Crippen molar-refractivity contribution in [3.8, 4) is 0 Å². The fourth-order valence-corrected chi connectivity index (χ4v) is 2.60. The Morgan fingerprint density at radius 3 is 2.74 bits per heavy atom. The Morgan fingerprint density at radius 1 is 1.42 bits per heavy atom. The lowest BCUT2D eigenvalue weighted by molar-refractivity contribution is 0.644.